The maximum Gasteiger partial charge on any atom is 2.00 e. The molecule has 0 aromatic carbocycles. The van der Waals surface area contributed by atoms with Gasteiger partial charge in [0.25, 0.3) is 0 Å². The van der Waals surface area contributed by atoms with E-state index in [9.17, 15) is 5.11 Å². The molecular weight excluding hydrogens is 88.3 g/mol. The van der Waals surface area contributed by atoms with E-state index in [0.717, 1.165) is 6.42 Å². The third kappa shape index (κ3) is 22.0. The summed E-state index contributed by atoms with van der Waals surface area (Å²) in [6.45, 7) is 1.94. The zero-order valence-electron chi connectivity index (χ0n) is 4.53. The van der Waals surface area contributed by atoms with Crippen LogP contribution in [-0.4, -0.2) is 29.7 Å². The second-order valence-electron chi connectivity index (χ2n) is 0.704. The first kappa shape index (κ1) is 15.9. The Bertz CT molecular complexity index is 9.51. The van der Waals surface area contributed by atoms with Gasteiger partial charge in [0.1, 0.15) is 0 Å². The van der Waals surface area contributed by atoms with E-state index in [1.165, 1.54) is 0 Å². The van der Waals surface area contributed by atoms with Gasteiger partial charge >= 0.3 is 23.1 Å². The van der Waals surface area contributed by atoms with Crippen LogP contribution < -0.4 is 5.11 Å². The van der Waals surface area contributed by atoms with Crippen LogP contribution in [0.4, 0.5) is 0 Å². The van der Waals surface area contributed by atoms with E-state index in [1.807, 2.05) is 6.92 Å². The van der Waals surface area contributed by atoms with Crippen molar-refractivity contribution in [2.24, 2.45) is 0 Å². The fourth-order valence-electron chi connectivity index (χ4n) is 0. The quantitative estimate of drug-likeness (QED) is 0.330. The van der Waals surface area contributed by atoms with Gasteiger partial charge in [-0.25, -0.2) is 0 Å². The molecule has 0 atom stereocenters. The number of hydrogen-bond acceptors (Lipinski definition) is 1. The van der Waals surface area contributed by atoms with Crippen molar-refractivity contribution in [2.75, 3.05) is 6.61 Å². The molecule has 0 bridgehead atoms. The van der Waals surface area contributed by atoms with Crippen LogP contribution in [0.1, 0.15) is 13.3 Å². The van der Waals surface area contributed by atoms with Crippen molar-refractivity contribution in [3.8, 4) is 0 Å². The van der Waals surface area contributed by atoms with E-state index in [4.69, 9.17) is 0 Å². The van der Waals surface area contributed by atoms with E-state index >= 15 is 0 Å². The van der Waals surface area contributed by atoms with Gasteiger partial charge in [-0.3, -0.25) is 0 Å². The molecule has 0 saturated heterocycles. The zero-order valence-corrected chi connectivity index (χ0v) is 5.94. The molecule has 0 heterocycles. The Balaban J connectivity index is -0.0000000450. The van der Waals surface area contributed by atoms with Crippen LogP contribution in [-0.2, 0) is 0 Å². The van der Waals surface area contributed by atoms with Crippen LogP contribution in [0.3, 0.4) is 0 Å². The molecule has 0 saturated carbocycles. The molecule has 0 aromatic rings. The van der Waals surface area contributed by atoms with Gasteiger partial charge in [-0.2, -0.15) is 0 Å². The SMILES string of the molecule is CCC[O-].[CH3-].[Mg+2]. The van der Waals surface area contributed by atoms with Crippen LogP contribution in [0, 0.1) is 7.43 Å². The fraction of sp³-hybridized carbons (Fsp3) is 0.750. The summed E-state index contributed by atoms with van der Waals surface area (Å²) in [6.07, 6.45) is 0.764. The normalized spacial score (nSPS) is 5.00. The van der Waals surface area contributed by atoms with Gasteiger partial charge in [-0.15, -0.1) is 6.61 Å². The molecule has 6 heavy (non-hydrogen) atoms. The minimum Gasteiger partial charge on any atom is -0.854 e. The van der Waals surface area contributed by atoms with Crippen molar-refractivity contribution in [1.82, 2.24) is 0 Å². The van der Waals surface area contributed by atoms with Crippen molar-refractivity contribution in [2.45, 2.75) is 13.3 Å². The molecular formula is C4H10MgO. The molecule has 0 amide bonds. The van der Waals surface area contributed by atoms with Gasteiger partial charge in [-0.05, 0) is 0 Å². The van der Waals surface area contributed by atoms with Gasteiger partial charge in [-0.1, -0.05) is 13.3 Å². The summed E-state index contributed by atoms with van der Waals surface area (Å²) in [5, 5.41) is 9.30. The van der Waals surface area contributed by atoms with Crippen LogP contribution in [0.5, 0.6) is 0 Å². The van der Waals surface area contributed by atoms with Crippen molar-refractivity contribution in [1.29, 1.82) is 0 Å². The average molecular weight is 98.4 g/mol. The maximum absolute atomic E-state index is 9.30. The third-order valence-electron chi connectivity index (χ3n) is 0.204. The minimum absolute atomic E-state index is 0. The molecule has 34 valence electrons. The van der Waals surface area contributed by atoms with Gasteiger partial charge in [0, 0.05) is 0 Å². The molecule has 0 aromatic heterocycles. The minimum atomic E-state index is 0. The molecule has 0 N–H and O–H groups in total. The summed E-state index contributed by atoms with van der Waals surface area (Å²) in [5.74, 6) is 0. The van der Waals surface area contributed by atoms with Gasteiger partial charge in [0.2, 0.25) is 0 Å². The van der Waals surface area contributed by atoms with Crippen LogP contribution >= 0.6 is 0 Å². The maximum atomic E-state index is 9.30. The third-order valence-corrected chi connectivity index (χ3v) is 0.204. The summed E-state index contributed by atoms with van der Waals surface area (Å²) in [4.78, 5) is 0. The predicted molar refractivity (Wildman–Crippen MR) is 27.3 cm³/mol. The summed E-state index contributed by atoms with van der Waals surface area (Å²) in [6, 6.07) is 0. The van der Waals surface area contributed by atoms with Gasteiger partial charge < -0.3 is 12.5 Å². The predicted octanol–water partition coefficient (Wildman–Crippen LogP) is -0.174. The molecule has 0 radical (unpaired) electrons. The first-order valence-corrected chi connectivity index (χ1v) is 1.50. The van der Waals surface area contributed by atoms with Crippen molar-refractivity contribution in [3.05, 3.63) is 7.43 Å². The molecule has 0 fully saturated rings. The molecule has 1 nitrogen and oxygen atoms in total. The van der Waals surface area contributed by atoms with E-state index in [-0.39, 0.29) is 37.1 Å². The standard InChI is InChI=1S/C3H7O.CH3.Mg/c1-2-3-4;;/h2-3H2,1H3;1H3;/q2*-1;+2. The summed E-state index contributed by atoms with van der Waals surface area (Å²) in [5.41, 5.74) is 0. The van der Waals surface area contributed by atoms with E-state index in [0.29, 0.717) is 0 Å². The monoisotopic (exact) mass is 98.1 g/mol. The Morgan fingerprint density at radius 2 is 1.67 bits per heavy atom. The van der Waals surface area contributed by atoms with Crippen molar-refractivity contribution in [3.63, 3.8) is 0 Å². The Hall–Kier alpha value is 0.726. The first-order chi connectivity index (χ1) is 1.91. The Morgan fingerprint density at radius 3 is 1.67 bits per heavy atom. The van der Waals surface area contributed by atoms with E-state index in [2.05, 4.69) is 0 Å². The second kappa shape index (κ2) is 17.2. The first-order valence-electron chi connectivity index (χ1n) is 1.50. The average Bonchev–Trinajstić information content (AvgIpc) is 1.37. The molecule has 2 heteroatoms. The van der Waals surface area contributed by atoms with Gasteiger partial charge in [0.15, 0.2) is 0 Å². The van der Waals surface area contributed by atoms with Crippen LogP contribution in [0.25, 0.3) is 0 Å². The van der Waals surface area contributed by atoms with Crippen LogP contribution in [0.15, 0.2) is 0 Å². The fourth-order valence-corrected chi connectivity index (χ4v) is 0. The Labute approximate surface area is 55.9 Å². The summed E-state index contributed by atoms with van der Waals surface area (Å²) < 4.78 is 0. The van der Waals surface area contributed by atoms with Gasteiger partial charge in [0.05, 0.1) is 0 Å². The molecule has 0 aliphatic carbocycles. The molecule has 0 rings (SSSR count). The number of hydrogen-bond donors (Lipinski definition) is 0. The van der Waals surface area contributed by atoms with E-state index in [1.54, 1.807) is 0 Å². The smallest absolute Gasteiger partial charge is 0.854 e. The largest absolute Gasteiger partial charge is 2.00 e. The molecule has 0 aliphatic heterocycles. The van der Waals surface area contributed by atoms with Crippen molar-refractivity contribution >= 4 is 23.1 Å². The Kier molecular flexibility index (Phi) is 45.6. The zero-order chi connectivity index (χ0) is 3.41. The second-order valence-corrected chi connectivity index (χ2v) is 0.704. The topological polar surface area (TPSA) is 23.1 Å². The van der Waals surface area contributed by atoms with E-state index < -0.39 is 0 Å². The number of rotatable bonds is 1. The van der Waals surface area contributed by atoms with Crippen LogP contribution in [0.2, 0.25) is 0 Å². The summed E-state index contributed by atoms with van der Waals surface area (Å²) >= 11 is 0. The molecule has 0 unspecified atom stereocenters. The molecule has 0 aliphatic rings. The summed E-state index contributed by atoms with van der Waals surface area (Å²) in [7, 11) is 0. The Morgan fingerprint density at radius 1 is 1.50 bits per heavy atom. The van der Waals surface area contributed by atoms with Crippen molar-refractivity contribution < 1.29 is 5.11 Å². The molecule has 0 spiro atoms.